The lowest BCUT2D eigenvalue weighted by Gasteiger charge is -2.26. The number of hydrogen-bond acceptors (Lipinski definition) is 9. The number of para-hydroxylation sites is 1. The minimum absolute atomic E-state index is 0.0188. The molecule has 1 aliphatic heterocycles. The molecule has 2 aliphatic carbocycles. The average Bonchev–Trinajstić information content (AvgIpc) is 4.07. The number of sulfonamides is 1. The van der Waals surface area contributed by atoms with Crippen LogP contribution in [0, 0.1) is 5.92 Å². The Morgan fingerprint density at radius 1 is 1.02 bits per heavy atom. The second-order valence-electron chi connectivity index (χ2n) is 14.7. The van der Waals surface area contributed by atoms with Crippen LogP contribution in [0.3, 0.4) is 0 Å². The van der Waals surface area contributed by atoms with Crippen LogP contribution < -0.4 is 14.8 Å². The van der Waals surface area contributed by atoms with E-state index >= 15 is 0 Å². The molecule has 296 valence electrons. The Labute approximate surface area is 321 Å². The molecule has 0 unspecified atom stereocenters. The summed E-state index contributed by atoms with van der Waals surface area (Å²) in [6.07, 6.45) is 3.22. The minimum Gasteiger partial charge on any atom is -0.470 e. The first-order chi connectivity index (χ1) is 26.7. The van der Waals surface area contributed by atoms with Gasteiger partial charge >= 0.3 is 6.18 Å². The van der Waals surface area contributed by atoms with Gasteiger partial charge in [0, 0.05) is 29.7 Å². The van der Waals surface area contributed by atoms with Crippen LogP contribution in [-0.4, -0.2) is 70.5 Å². The first-order valence-electron chi connectivity index (χ1n) is 18.7. The molecule has 1 saturated heterocycles. The summed E-state index contributed by atoms with van der Waals surface area (Å²) in [7, 11) is -3.91. The van der Waals surface area contributed by atoms with Gasteiger partial charge in [-0.2, -0.15) is 18.2 Å². The third-order valence-corrected chi connectivity index (χ3v) is 12.4. The molecule has 2 aromatic heterocycles. The molecule has 4 aromatic rings. The van der Waals surface area contributed by atoms with E-state index in [1.54, 1.807) is 24.3 Å². The number of alkyl halides is 3. The van der Waals surface area contributed by atoms with Gasteiger partial charge in [0.05, 0.1) is 17.4 Å². The molecule has 0 radical (unpaired) electrons. The normalized spacial score (nSPS) is 22.2. The number of nitrogens with zero attached hydrogens (tertiary/aromatic N) is 3. The van der Waals surface area contributed by atoms with Crippen LogP contribution in [0.5, 0.6) is 5.88 Å². The number of unbranched alkanes of at least 4 members (excludes halogenated alkanes) is 4. The second kappa shape index (κ2) is 15.4. The van der Waals surface area contributed by atoms with E-state index in [2.05, 4.69) is 33.2 Å². The number of benzene rings is 2. The number of fused-ring (bicyclic) bond motifs is 3. The predicted molar refractivity (Wildman–Crippen MR) is 201 cm³/mol. The number of rotatable bonds is 16. The molecule has 3 aliphatic rings. The number of halogens is 3. The molecule has 0 spiro atoms. The summed E-state index contributed by atoms with van der Waals surface area (Å²) in [5.41, 5.74) is -1.10. The Bertz CT molecular complexity index is 2290. The van der Waals surface area contributed by atoms with Gasteiger partial charge in [-0.25, -0.2) is 13.4 Å². The molecule has 2 aromatic carbocycles. The van der Waals surface area contributed by atoms with Crippen molar-refractivity contribution in [3.8, 4) is 17.3 Å². The Morgan fingerprint density at radius 2 is 1.75 bits per heavy atom. The lowest BCUT2D eigenvalue weighted by molar-refractivity contribution is -0.139. The van der Waals surface area contributed by atoms with Crippen LogP contribution in [0.25, 0.3) is 33.5 Å². The summed E-state index contributed by atoms with van der Waals surface area (Å²) in [5, 5.41) is 2.74. The van der Waals surface area contributed by atoms with E-state index in [1.165, 1.54) is 23.1 Å². The third kappa shape index (κ3) is 8.02. The van der Waals surface area contributed by atoms with Gasteiger partial charge in [0.2, 0.25) is 27.4 Å². The summed E-state index contributed by atoms with van der Waals surface area (Å²) >= 11 is 0. The highest BCUT2D eigenvalue weighted by Crippen LogP contribution is 2.46. The number of ether oxygens (including phenoxy) is 1. The quantitative estimate of drug-likeness (QED) is 0.0941. The van der Waals surface area contributed by atoms with Crippen LogP contribution >= 0.6 is 0 Å². The number of nitrogens with one attached hydrogen (secondary N) is 2. The molecule has 16 heteroatoms. The Hall–Kier alpha value is -5.25. The summed E-state index contributed by atoms with van der Waals surface area (Å²) < 4.78 is 80.1. The van der Waals surface area contributed by atoms with Crippen LogP contribution in [0.4, 0.5) is 13.2 Å². The number of aromatic nitrogens is 2. The van der Waals surface area contributed by atoms with Gasteiger partial charge in [0.15, 0.2) is 5.82 Å². The number of furan rings is 1. The molecular formula is C40H42F3N5O7S. The fraction of sp³-hybridized carbons (Fsp3) is 0.425. The summed E-state index contributed by atoms with van der Waals surface area (Å²) in [6.45, 7) is 7.46. The fourth-order valence-electron chi connectivity index (χ4n) is 7.23. The molecule has 12 nitrogen and oxygen atoms in total. The van der Waals surface area contributed by atoms with Crippen molar-refractivity contribution in [3.63, 3.8) is 0 Å². The van der Waals surface area contributed by atoms with Crippen molar-refractivity contribution in [2.75, 3.05) is 6.54 Å². The molecule has 2 saturated carbocycles. The van der Waals surface area contributed by atoms with Crippen LogP contribution in [0.1, 0.15) is 69.8 Å². The standard InChI is InChI=1S/C40H42F3N5O7S/c1-3-5-6-7-8-9-14-32(49)48-23-27(21-30(48)36(50)46-39(22-25(39)4-2)38(51)47-56(52,53)28-19-20-28)54-37-34-33(29-12-10-11-13-31(29)55-34)44-35(45-37)24-15-17-26(18-16-24)40(41,42)43/h3-4,10-13,15-18,25,27-28,30H,1-2,5-9,14,19-23H2,(H,46,50)(H,47,51)/t25-,27-,30+,39-/m1/s1. The molecule has 3 amide bonds. The molecule has 7 rings (SSSR count). The predicted octanol–water partition coefficient (Wildman–Crippen LogP) is 6.61. The van der Waals surface area contributed by atoms with Crippen molar-refractivity contribution >= 4 is 49.8 Å². The largest absolute Gasteiger partial charge is 0.470 e. The SMILES string of the molecule is C=CCCCCCCC(=O)N1C[C@H](Oc2nc(-c3ccc(C(F)(F)F)cc3)nc3c2oc2ccccc23)C[C@H]1C(=O)N[C@]1(C(=O)NS(=O)(=O)C2CC2)C[C@H]1C=C. The first-order valence-corrected chi connectivity index (χ1v) is 20.2. The second-order valence-corrected chi connectivity index (χ2v) is 16.6. The van der Waals surface area contributed by atoms with E-state index in [9.17, 15) is 36.0 Å². The number of amides is 3. The number of likely N-dealkylation sites (tertiary alicyclic amines) is 1. The van der Waals surface area contributed by atoms with Gasteiger partial charge in [-0.1, -0.05) is 49.3 Å². The number of carbonyl (C=O) groups is 3. The van der Waals surface area contributed by atoms with E-state index in [-0.39, 0.29) is 54.6 Å². The molecule has 3 fully saturated rings. The number of hydrogen-bond donors (Lipinski definition) is 2. The maximum absolute atomic E-state index is 14.1. The third-order valence-electron chi connectivity index (χ3n) is 10.6. The van der Waals surface area contributed by atoms with Crippen molar-refractivity contribution < 1.29 is 45.1 Å². The lowest BCUT2D eigenvalue weighted by atomic mass is 10.1. The first kappa shape index (κ1) is 39.0. The van der Waals surface area contributed by atoms with Gasteiger partial charge in [0.1, 0.15) is 28.8 Å². The Morgan fingerprint density at radius 3 is 2.43 bits per heavy atom. The van der Waals surface area contributed by atoms with E-state index in [0.29, 0.717) is 35.7 Å². The Balaban J connectivity index is 1.17. The molecule has 0 bridgehead atoms. The molecule has 4 atom stereocenters. The van der Waals surface area contributed by atoms with Gasteiger partial charge < -0.3 is 19.4 Å². The van der Waals surface area contributed by atoms with Gasteiger partial charge in [0.25, 0.3) is 11.8 Å². The smallest absolute Gasteiger partial charge is 0.416 e. The highest BCUT2D eigenvalue weighted by molar-refractivity contribution is 7.91. The Kier molecular flexibility index (Phi) is 10.7. The van der Waals surface area contributed by atoms with Gasteiger partial charge in [-0.15, -0.1) is 13.2 Å². The minimum atomic E-state index is -4.54. The van der Waals surface area contributed by atoms with E-state index in [0.717, 1.165) is 37.8 Å². The fourth-order valence-corrected chi connectivity index (χ4v) is 8.59. The summed E-state index contributed by atoms with van der Waals surface area (Å²) in [4.78, 5) is 52.0. The zero-order valence-corrected chi connectivity index (χ0v) is 31.3. The van der Waals surface area contributed by atoms with E-state index in [4.69, 9.17) is 9.15 Å². The summed E-state index contributed by atoms with van der Waals surface area (Å²) in [5.74, 6) is -2.29. The number of carbonyl (C=O) groups excluding carboxylic acids is 3. The van der Waals surface area contributed by atoms with E-state index < -0.39 is 62.4 Å². The molecule has 56 heavy (non-hydrogen) atoms. The van der Waals surface area contributed by atoms with Crippen LogP contribution in [0.2, 0.25) is 0 Å². The van der Waals surface area contributed by atoms with Crippen molar-refractivity contribution in [2.24, 2.45) is 5.92 Å². The monoisotopic (exact) mass is 793 g/mol. The van der Waals surface area contributed by atoms with Gasteiger partial charge in [-0.3, -0.25) is 19.1 Å². The topological polar surface area (TPSA) is 161 Å². The highest BCUT2D eigenvalue weighted by atomic mass is 32.2. The van der Waals surface area contributed by atoms with Crippen molar-refractivity contribution in [3.05, 3.63) is 79.4 Å². The molecular weight excluding hydrogens is 752 g/mol. The number of allylic oxidation sites excluding steroid dienone is 1. The van der Waals surface area contributed by atoms with Gasteiger partial charge in [-0.05, 0) is 62.8 Å². The highest BCUT2D eigenvalue weighted by Gasteiger charge is 2.62. The van der Waals surface area contributed by atoms with Crippen molar-refractivity contribution in [2.45, 2.75) is 93.3 Å². The lowest BCUT2D eigenvalue weighted by Crippen LogP contribution is -2.56. The molecule has 2 N–H and O–H groups in total. The van der Waals surface area contributed by atoms with Crippen LogP contribution in [0.15, 0.2) is 78.3 Å². The average molecular weight is 794 g/mol. The van der Waals surface area contributed by atoms with Crippen molar-refractivity contribution in [1.82, 2.24) is 24.9 Å². The van der Waals surface area contributed by atoms with E-state index in [1.807, 2.05) is 6.08 Å². The maximum atomic E-state index is 14.1. The zero-order valence-electron chi connectivity index (χ0n) is 30.5. The zero-order chi connectivity index (χ0) is 39.8. The van der Waals surface area contributed by atoms with Crippen LogP contribution in [-0.2, 0) is 30.6 Å². The summed E-state index contributed by atoms with van der Waals surface area (Å²) in [6, 6.07) is 10.4. The van der Waals surface area contributed by atoms with Crippen molar-refractivity contribution in [1.29, 1.82) is 0 Å². The maximum Gasteiger partial charge on any atom is 0.416 e. The molecule has 3 heterocycles.